The molecule has 26 heavy (non-hydrogen) atoms. The van der Waals surface area contributed by atoms with E-state index < -0.39 is 6.04 Å². The van der Waals surface area contributed by atoms with Gasteiger partial charge in [-0.15, -0.1) is 0 Å². The van der Waals surface area contributed by atoms with Gasteiger partial charge < -0.3 is 19.9 Å². The van der Waals surface area contributed by atoms with Gasteiger partial charge in [0, 0.05) is 42.5 Å². The van der Waals surface area contributed by atoms with Gasteiger partial charge in [0.05, 0.1) is 12.7 Å². The number of carbonyl (C=O) groups excluding carboxylic acids is 2. The van der Waals surface area contributed by atoms with Crippen molar-refractivity contribution >= 4 is 22.7 Å². The zero-order valence-electron chi connectivity index (χ0n) is 15.6. The van der Waals surface area contributed by atoms with Crippen molar-refractivity contribution < 1.29 is 14.3 Å². The standard InChI is InChI=1S/C20H27N3O3/c1-13(2)19(24)22-18(20(25)23-8-9-26-14(3)12-23)10-15-11-21-17-7-5-4-6-16(15)17/h4-7,11,13-14,18,21H,8-10,12H2,1-3H3,(H,22,24)/t14-,18+/m1/s1. The van der Waals surface area contributed by atoms with E-state index in [1.807, 2.05) is 51.2 Å². The van der Waals surface area contributed by atoms with Crippen LogP contribution in [-0.2, 0) is 20.7 Å². The molecule has 0 bridgehead atoms. The number of hydrogen-bond acceptors (Lipinski definition) is 3. The Morgan fingerprint density at radius 2 is 2.12 bits per heavy atom. The molecule has 6 nitrogen and oxygen atoms in total. The summed E-state index contributed by atoms with van der Waals surface area (Å²) in [5.41, 5.74) is 2.06. The van der Waals surface area contributed by atoms with Gasteiger partial charge in [0.15, 0.2) is 0 Å². The van der Waals surface area contributed by atoms with E-state index in [4.69, 9.17) is 4.74 Å². The van der Waals surface area contributed by atoms with Crippen LogP contribution in [0.3, 0.4) is 0 Å². The Balaban J connectivity index is 1.82. The van der Waals surface area contributed by atoms with E-state index >= 15 is 0 Å². The highest BCUT2D eigenvalue weighted by atomic mass is 16.5. The van der Waals surface area contributed by atoms with Crippen LogP contribution in [0.25, 0.3) is 10.9 Å². The monoisotopic (exact) mass is 357 g/mol. The van der Waals surface area contributed by atoms with Crippen molar-refractivity contribution in [1.82, 2.24) is 15.2 Å². The maximum Gasteiger partial charge on any atom is 0.245 e. The summed E-state index contributed by atoms with van der Waals surface area (Å²) in [7, 11) is 0. The van der Waals surface area contributed by atoms with Crippen LogP contribution in [0, 0.1) is 5.92 Å². The molecule has 2 aromatic rings. The van der Waals surface area contributed by atoms with Crippen molar-refractivity contribution in [3.8, 4) is 0 Å². The molecule has 1 saturated heterocycles. The average Bonchev–Trinajstić information content (AvgIpc) is 3.03. The molecule has 0 aliphatic carbocycles. The topological polar surface area (TPSA) is 74.4 Å². The van der Waals surface area contributed by atoms with E-state index in [1.165, 1.54) is 0 Å². The third-order valence-electron chi connectivity index (χ3n) is 4.79. The van der Waals surface area contributed by atoms with E-state index in [9.17, 15) is 9.59 Å². The second kappa shape index (κ2) is 7.91. The Morgan fingerprint density at radius 1 is 1.35 bits per heavy atom. The molecule has 2 amide bonds. The van der Waals surface area contributed by atoms with Gasteiger partial charge in [-0.25, -0.2) is 0 Å². The number of rotatable bonds is 5. The van der Waals surface area contributed by atoms with Crippen LogP contribution in [0.2, 0.25) is 0 Å². The second-order valence-corrected chi connectivity index (χ2v) is 7.25. The summed E-state index contributed by atoms with van der Waals surface area (Å²) in [6.07, 6.45) is 2.41. The van der Waals surface area contributed by atoms with Crippen molar-refractivity contribution in [2.45, 2.75) is 39.3 Å². The van der Waals surface area contributed by atoms with E-state index in [0.717, 1.165) is 16.5 Å². The van der Waals surface area contributed by atoms with Crippen molar-refractivity contribution in [2.24, 2.45) is 5.92 Å². The first kappa shape index (κ1) is 18.5. The maximum absolute atomic E-state index is 13.1. The third kappa shape index (κ3) is 4.07. The van der Waals surface area contributed by atoms with Crippen molar-refractivity contribution in [2.75, 3.05) is 19.7 Å². The zero-order valence-corrected chi connectivity index (χ0v) is 15.6. The summed E-state index contributed by atoms with van der Waals surface area (Å²) in [4.78, 5) is 30.4. The Kier molecular flexibility index (Phi) is 5.61. The number of nitrogens with one attached hydrogen (secondary N) is 2. The first-order chi connectivity index (χ1) is 12.5. The summed E-state index contributed by atoms with van der Waals surface area (Å²) in [5.74, 6) is -0.319. The van der Waals surface area contributed by atoms with Gasteiger partial charge in [-0.1, -0.05) is 32.0 Å². The largest absolute Gasteiger partial charge is 0.375 e. The zero-order chi connectivity index (χ0) is 18.7. The quantitative estimate of drug-likeness (QED) is 0.861. The van der Waals surface area contributed by atoms with E-state index in [0.29, 0.717) is 26.1 Å². The minimum atomic E-state index is -0.575. The molecular formula is C20H27N3O3. The minimum Gasteiger partial charge on any atom is -0.375 e. The number of benzene rings is 1. The van der Waals surface area contributed by atoms with Crippen LogP contribution in [0.1, 0.15) is 26.3 Å². The van der Waals surface area contributed by atoms with Gasteiger partial charge in [-0.3, -0.25) is 9.59 Å². The summed E-state index contributed by atoms with van der Waals surface area (Å²) >= 11 is 0. The molecule has 0 radical (unpaired) electrons. The lowest BCUT2D eigenvalue weighted by Crippen LogP contribution is -2.54. The minimum absolute atomic E-state index is 0.0160. The van der Waals surface area contributed by atoms with Gasteiger partial charge in [0.25, 0.3) is 0 Å². The highest BCUT2D eigenvalue weighted by Gasteiger charge is 2.30. The van der Waals surface area contributed by atoms with E-state index in [1.54, 1.807) is 4.90 Å². The number of H-pyrrole nitrogens is 1. The number of carbonyl (C=O) groups is 2. The fraction of sp³-hybridized carbons (Fsp3) is 0.500. The Labute approximate surface area is 153 Å². The molecular weight excluding hydrogens is 330 g/mol. The first-order valence-electron chi connectivity index (χ1n) is 9.21. The lowest BCUT2D eigenvalue weighted by atomic mass is 10.0. The third-order valence-corrected chi connectivity index (χ3v) is 4.79. The molecule has 6 heteroatoms. The molecule has 1 aromatic carbocycles. The highest BCUT2D eigenvalue weighted by molar-refractivity contribution is 5.90. The van der Waals surface area contributed by atoms with Crippen LogP contribution in [0.5, 0.6) is 0 Å². The molecule has 3 rings (SSSR count). The number of hydrogen-bond donors (Lipinski definition) is 2. The SMILES string of the molecule is CC(C)C(=O)N[C@@H](Cc1c[nH]c2ccccc12)C(=O)N1CCO[C@H](C)C1. The first-order valence-corrected chi connectivity index (χ1v) is 9.21. The number of para-hydroxylation sites is 1. The molecule has 1 aromatic heterocycles. The molecule has 2 atom stereocenters. The second-order valence-electron chi connectivity index (χ2n) is 7.25. The molecule has 0 unspecified atom stereocenters. The number of amides is 2. The van der Waals surface area contributed by atoms with Gasteiger partial charge in [-0.05, 0) is 18.6 Å². The van der Waals surface area contributed by atoms with Crippen LogP contribution in [-0.4, -0.2) is 53.5 Å². The number of ether oxygens (including phenoxy) is 1. The smallest absolute Gasteiger partial charge is 0.245 e. The van der Waals surface area contributed by atoms with Crippen molar-refractivity contribution in [3.63, 3.8) is 0 Å². The normalized spacial score (nSPS) is 18.9. The number of aromatic nitrogens is 1. The molecule has 2 heterocycles. The lowest BCUT2D eigenvalue weighted by molar-refractivity contribution is -0.142. The van der Waals surface area contributed by atoms with Crippen molar-refractivity contribution in [3.05, 3.63) is 36.0 Å². The Morgan fingerprint density at radius 3 is 2.85 bits per heavy atom. The van der Waals surface area contributed by atoms with Crippen LogP contribution in [0.4, 0.5) is 0 Å². The predicted octanol–water partition coefficient (Wildman–Crippen LogP) is 2.10. The van der Waals surface area contributed by atoms with Crippen molar-refractivity contribution in [1.29, 1.82) is 0 Å². The Bertz CT molecular complexity index is 783. The lowest BCUT2D eigenvalue weighted by Gasteiger charge is -2.34. The fourth-order valence-electron chi connectivity index (χ4n) is 3.30. The molecule has 1 aliphatic heterocycles. The predicted molar refractivity (Wildman–Crippen MR) is 101 cm³/mol. The van der Waals surface area contributed by atoms with Gasteiger partial charge >= 0.3 is 0 Å². The Hall–Kier alpha value is -2.34. The van der Waals surface area contributed by atoms with E-state index in [2.05, 4.69) is 10.3 Å². The molecule has 1 fully saturated rings. The fourth-order valence-corrected chi connectivity index (χ4v) is 3.30. The van der Waals surface area contributed by atoms with Gasteiger partial charge in [0.2, 0.25) is 11.8 Å². The molecule has 2 N–H and O–H groups in total. The van der Waals surface area contributed by atoms with Crippen LogP contribution < -0.4 is 5.32 Å². The molecule has 140 valence electrons. The van der Waals surface area contributed by atoms with Crippen LogP contribution >= 0.6 is 0 Å². The van der Waals surface area contributed by atoms with E-state index in [-0.39, 0.29) is 23.8 Å². The maximum atomic E-state index is 13.1. The molecule has 0 saturated carbocycles. The number of aromatic amines is 1. The summed E-state index contributed by atoms with van der Waals surface area (Å²) in [5, 5.41) is 4.03. The number of morpholine rings is 1. The molecule has 1 aliphatic rings. The van der Waals surface area contributed by atoms with Gasteiger partial charge in [-0.2, -0.15) is 0 Å². The summed E-state index contributed by atoms with van der Waals surface area (Å²) < 4.78 is 5.53. The number of fused-ring (bicyclic) bond motifs is 1. The molecule has 0 spiro atoms. The summed E-state index contributed by atoms with van der Waals surface area (Å²) in [6.45, 7) is 7.27. The highest BCUT2D eigenvalue weighted by Crippen LogP contribution is 2.20. The number of nitrogens with zero attached hydrogens (tertiary/aromatic N) is 1. The average molecular weight is 357 g/mol. The summed E-state index contributed by atoms with van der Waals surface area (Å²) in [6, 6.07) is 7.42. The van der Waals surface area contributed by atoms with Crippen LogP contribution in [0.15, 0.2) is 30.5 Å². The van der Waals surface area contributed by atoms with Gasteiger partial charge in [0.1, 0.15) is 6.04 Å².